The number of nitrogens with zero attached hydrogens (tertiary/aromatic N) is 1. The quantitative estimate of drug-likeness (QED) is 0.760. The number of fused-ring (bicyclic) bond motifs is 3. The van der Waals surface area contributed by atoms with Gasteiger partial charge in [0.05, 0.1) is 11.8 Å². The predicted octanol–water partition coefficient (Wildman–Crippen LogP) is 3.56. The molecular formula is C17H21NO. The van der Waals surface area contributed by atoms with E-state index >= 15 is 0 Å². The summed E-state index contributed by atoms with van der Waals surface area (Å²) in [5.41, 5.74) is 6.84. The van der Waals surface area contributed by atoms with Crippen LogP contribution in [0.1, 0.15) is 43.4 Å². The van der Waals surface area contributed by atoms with E-state index < -0.39 is 0 Å². The van der Waals surface area contributed by atoms with Crippen LogP contribution in [0.25, 0.3) is 11.3 Å². The van der Waals surface area contributed by atoms with Crippen LogP contribution >= 0.6 is 0 Å². The summed E-state index contributed by atoms with van der Waals surface area (Å²) in [7, 11) is 0. The summed E-state index contributed by atoms with van der Waals surface area (Å²) in [6.45, 7) is 6.96. The van der Waals surface area contributed by atoms with Gasteiger partial charge in [0, 0.05) is 24.7 Å². The highest BCUT2D eigenvalue weighted by molar-refractivity contribution is 5.75. The van der Waals surface area contributed by atoms with E-state index in [0.717, 1.165) is 6.42 Å². The van der Waals surface area contributed by atoms with Gasteiger partial charge in [-0.2, -0.15) is 0 Å². The van der Waals surface area contributed by atoms with Crippen LogP contribution in [0.15, 0.2) is 30.5 Å². The van der Waals surface area contributed by atoms with Crippen LogP contribution in [-0.4, -0.2) is 15.8 Å². The van der Waals surface area contributed by atoms with Gasteiger partial charge in [-0.05, 0) is 41.7 Å². The van der Waals surface area contributed by atoms with Crippen LogP contribution in [0.4, 0.5) is 0 Å². The minimum Gasteiger partial charge on any atom is -0.392 e. The number of aliphatic hydroxyl groups excluding tert-OH is 1. The molecule has 1 aliphatic rings. The maximum absolute atomic E-state index is 9.63. The third-order valence-corrected chi connectivity index (χ3v) is 3.94. The first-order chi connectivity index (χ1) is 9.06. The molecule has 1 aromatic heterocycles. The molecule has 1 heterocycles. The first kappa shape index (κ1) is 12.5. The summed E-state index contributed by atoms with van der Waals surface area (Å²) < 4.78 is 2.19. The second-order valence-corrected chi connectivity index (χ2v) is 5.94. The van der Waals surface area contributed by atoms with Crippen molar-refractivity contribution < 1.29 is 5.11 Å². The largest absolute Gasteiger partial charge is 0.392 e. The Balaban J connectivity index is 2.08. The van der Waals surface area contributed by atoms with Crippen LogP contribution < -0.4 is 0 Å². The molecule has 1 aromatic carbocycles. The number of hydrogen-bond acceptors (Lipinski definition) is 1. The van der Waals surface area contributed by atoms with E-state index in [1.807, 2.05) is 6.92 Å². The molecule has 2 aromatic rings. The van der Waals surface area contributed by atoms with Gasteiger partial charge in [0.15, 0.2) is 0 Å². The van der Waals surface area contributed by atoms with Crippen molar-refractivity contribution in [1.82, 2.24) is 4.57 Å². The fourth-order valence-corrected chi connectivity index (χ4v) is 2.96. The smallest absolute Gasteiger partial charge is 0.0691 e. The molecule has 100 valence electrons. The Morgan fingerprint density at radius 2 is 1.95 bits per heavy atom. The first-order valence-electron chi connectivity index (χ1n) is 7.05. The second-order valence-electron chi connectivity index (χ2n) is 5.94. The molecule has 0 saturated carbocycles. The SMILES string of the molecule is CC(C)c1ccc2c(c1)-c1c(ccn1C[C@@H](C)O)C2. The van der Waals surface area contributed by atoms with Crippen molar-refractivity contribution in [3.63, 3.8) is 0 Å². The summed E-state index contributed by atoms with van der Waals surface area (Å²) in [5, 5.41) is 9.63. The zero-order chi connectivity index (χ0) is 13.6. The Hall–Kier alpha value is -1.54. The third kappa shape index (κ3) is 2.10. The Bertz CT molecular complexity index is 608. The van der Waals surface area contributed by atoms with Gasteiger partial charge in [0.1, 0.15) is 0 Å². The van der Waals surface area contributed by atoms with Gasteiger partial charge in [0.2, 0.25) is 0 Å². The fourth-order valence-electron chi connectivity index (χ4n) is 2.96. The van der Waals surface area contributed by atoms with Crippen LogP contribution in [0, 0.1) is 0 Å². The van der Waals surface area contributed by atoms with Gasteiger partial charge in [-0.1, -0.05) is 26.0 Å². The van der Waals surface area contributed by atoms with Gasteiger partial charge >= 0.3 is 0 Å². The van der Waals surface area contributed by atoms with E-state index in [9.17, 15) is 5.11 Å². The number of hydrogen-bond donors (Lipinski definition) is 1. The minimum atomic E-state index is -0.311. The van der Waals surface area contributed by atoms with E-state index in [2.05, 4.69) is 48.9 Å². The standard InChI is InChI=1S/C17H21NO/c1-11(2)13-4-5-14-8-15-6-7-18(10-12(3)19)17(15)16(14)9-13/h4-7,9,11-12,19H,8,10H2,1-3H3/t12-/m1/s1. The minimum absolute atomic E-state index is 0.311. The Labute approximate surface area is 114 Å². The monoisotopic (exact) mass is 255 g/mol. The van der Waals surface area contributed by atoms with Crippen LogP contribution in [0.5, 0.6) is 0 Å². The molecule has 0 fully saturated rings. The molecule has 0 amide bonds. The lowest BCUT2D eigenvalue weighted by molar-refractivity contribution is 0.174. The van der Waals surface area contributed by atoms with Crippen molar-refractivity contribution >= 4 is 0 Å². The first-order valence-corrected chi connectivity index (χ1v) is 7.05. The van der Waals surface area contributed by atoms with Crippen LogP contribution in [-0.2, 0) is 13.0 Å². The normalized spacial score (nSPS) is 14.6. The number of rotatable bonds is 3. The number of aromatic nitrogens is 1. The van der Waals surface area contributed by atoms with Crippen molar-refractivity contribution in [2.75, 3.05) is 0 Å². The summed E-state index contributed by atoms with van der Waals surface area (Å²) in [5.74, 6) is 0.550. The molecule has 2 nitrogen and oxygen atoms in total. The molecule has 2 heteroatoms. The van der Waals surface area contributed by atoms with Crippen molar-refractivity contribution in [2.24, 2.45) is 0 Å². The van der Waals surface area contributed by atoms with E-state index in [1.165, 1.54) is 27.9 Å². The molecule has 0 unspecified atom stereocenters. The van der Waals surface area contributed by atoms with E-state index in [4.69, 9.17) is 0 Å². The van der Waals surface area contributed by atoms with Crippen molar-refractivity contribution in [3.05, 3.63) is 47.2 Å². The van der Waals surface area contributed by atoms with Crippen LogP contribution in [0.2, 0.25) is 0 Å². The highest BCUT2D eigenvalue weighted by Crippen LogP contribution is 2.38. The molecule has 0 radical (unpaired) electrons. The Morgan fingerprint density at radius 1 is 1.16 bits per heavy atom. The molecule has 0 saturated heterocycles. The summed E-state index contributed by atoms with van der Waals surface area (Å²) in [4.78, 5) is 0. The fraction of sp³-hybridized carbons (Fsp3) is 0.412. The van der Waals surface area contributed by atoms with Gasteiger partial charge < -0.3 is 9.67 Å². The summed E-state index contributed by atoms with van der Waals surface area (Å²) in [6.07, 6.45) is 2.81. The topological polar surface area (TPSA) is 25.2 Å². The molecule has 0 bridgehead atoms. The van der Waals surface area contributed by atoms with Crippen molar-refractivity contribution in [2.45, 2.75) is 45.8 Å². The van der Waals surface area contributed by atoms with E-state index in [1.54, 1.807) is 0 Å². The Kier molecular flexibility index (Phi) is 2.98. The summed E-state index contributed by atoms with van der Waals surface area (Å²) in [6, 6.07) is 9.02. The van der Waals surface area contributed by atoms with Gasteiger partial charge in [0.25, 0.3) is 0 Å². The lowest BCUT2D eigenvalue weighted by Crippen LogP contribution is -2.11. The number of aliphatic hydroxyl groups is 1. The highest BCUT2D eigenvalue weighted by Gasteiger charge is 2.23. The molecule has 0 aliphatic heterocycles. The summed E-state index contributed by atoms with van der Waals surface area (Å²) >= 11 is 0. The maximum Gasteiger partial charge on any atom is 0.0691 e. The second kappa shape index (κ2) is 4.53. The van der Waals surface area contributed by atoms with E-state index in [0.29, 0.717) is 12.5 Å². The van der Waals surface area contributed by atoms with Gasteiger partial charge in [-0.3, -0.25) is 0 Å². The number of benzene rings is 1. The van der Waals surface area contributed by atoms with Crippen LogP contribution in [0.3, 0.4) is 0 Å². The third-order valence-electron chi connectivity index (χ3n) is 3.94. The lowest BCUT2D eigenvalue weighted by atomic mass is 9.98. The molecule has 0 spiro atoms. The van der Waals surface area contributed by atoms with Crippen molar-refractivity contribution in [3.8, 4) is 11.3 Å². The lowest BCUT2D eigenvalue weighted by Gasteiger charge is -2.13. The average Bonchev–Trinajstić information content (AvgIpc) is 2.87. The molecular weight excluding hydrogens is 234 g/mol. The van der Waals surface area contributed by atoms with Crippen molar-refractivity contribution in [1.29, 1.82) is 0 Å². The Morgan fingerprint density at radius 3 is 2.63 bits per heavy atom. The molecule has 1 atom stereocenters. The zero-order valence-corrected chi connectivity index (χ0v) is 11.9. The van der Waals surface area contributed by atoms with Gasteiger partial charge in [-0.25, -0.2) is 0 Å². The highest BCUT2D eigenvalue weighted by atomic mass is 16.3. The van der Waals surface area contributed by atoms with Gasteiger partial charge in [-0.15, -0.1) is 0 Å². The molecule has 19 heavy (non-hydrogen) atoms. The average molecular weight is 255 g/mol. The molecule has 3 rings (SSSR count). The van der Waals surface area contributed by atoms with E-state index in [-0.39, 0.29) is 6.10 Å². The zero-order valence-electron chi connectivity index (χ0n) is 11.9. The molecule has 1 aliphatic carbocycles. The predicted molar refractivity (Wildman–Crippen MR) is 78.4 cm³/mol. The molecule has 1 N–H and O–H groups in total. The maximum atomic E-state index is 9.63.